The van der Waals surface area contributed by atoms with Gasteiger partial charge in [0.15, 0.2) is 0 Å². The molecule has 1 aromatic carbocycles. The zero-order chi connectivity index (χ0) is 12.6. The van der Waals surface area contributed by atoms with Gasteiger partial charge in [-0.3, -0.25) is 0 Å². The number of aryl methyl sites for hydroxylation is 3. The summed E-state index contributed by atoms with van der Waals surface area (Å²) in [5.74, 6) is 0.641. The molecule has 1 atom stereocenters. The predicted octanol–water partition coefficient (Wildman–Crippen LogP) is 3.39. The van der Waals surface area contributed by atoms with Crippen LogP contribution in [0.4, 0.5) is 4.39 Å². The fourth-order valence-corrected chi connectivity index (χ4v) is 2.06. The van der Waals surface area contributed by atoms with Gasteiger partial charge in [0.05, 0.1) is 12.3 Å². The Balaban J connectivity index is 2.45. The minimum absolute atomic E-state index is 0.162. The smallest absolute Gasteiger partial charge is 0.129 e. The van der Waals surface area contributed by atoms with Crippen molar-refractivity contribution in [3.05, 3.63) is 58.3 Å². The summed E-state index contributed by atoms with van der Waals surface area (Å²) in [7, 11) is 0. The third-order valence-electron chi connectivity index (χ3n) is 3.05. The maximum Gasteiger partial charge on any atom is 0.129 e. The Morgan fingerprint density at radius 2 is 1.76 bits per heavy atom. The highest BCUT2D eigenvalue weighted by Gasteiger charge is 2.15. The van der Waals surface area contributed by atoms with Crippen LogP contribution < -0.4 is 5.73 Å². The van der Waals surface area contributed by atoms with Crippen LogP contribution in [0.25, 0.3) is 0 Å². The molecule has 0 radical (unpaired) electrons. The summed E-state index contributed by atoms with van der Waals surface area (Å²) in [5.41, 5.74) is 9.26. The molecule has 0 aliphatic rings. The van der Waals surface area contributed by atoms with Crippen molar-refractivity contribution in [2.45, 2.75) is 26.8 Å². The molecule has 3 heteroatoms. The van der Waals surface area contributed by atoms with Gasteiger partial charge in [0.1, 0.15) is 11.6 Å². The third kappa shape index (κ3) is 2.11. The van der Waals surface area contributed by atoms with Crippen LogP contribution in [-0.2, 0) is 0 Å². The molecule has 0 bridgehead atoms. The topological polar surface area (TPSA) is 39.2 Å². The monoisotopic (exact) mass is 233 g/mol. The average Bonchev–Trinajstić information content (AvgIpc) is 2.70. The number of rotatable bonds is 2. The second-order valence-electron chi connectivity index (χ2n) is 4.38. The van der Waals surface area contributed by atoms with E-state index >= 15 is 0 Å². The van der Waals surface area contributed by atoms with Gasteiger partial charge in [-0.1, -0.05) is 12.1 Å². The summed E-state index contributed by atoms with van der Waals surface area (Å²) in [6.07, 6.45) is 1.62. The molecule has 2 N–H and O–H groups in total. The van der Waals surface area contributed by atoms with Gasteiger partial charge in [0.25, 0.3) is 0 Å². The number of halogens is 1. The molecule has 1 heterocycles. The van der Waals surface area contributed by atoms with Crippen LogP contribution in [0.5, 0.6) is 0 Å². The van der Waals surface area contributed by atoms with E-state index < -0.39 is 0 Å². The summed E-state index contributed by atoms with van der Waals surface area (Å²) in [6, 6.07) is 5.17. The molecule has 2 rings (SSSR count). The van der Waals surface area contributed by atoms with Gasteiger partial charge in [0, 0.05) is 5.56 Å². The summed E-state index contributed by atoms with van der Waals surface area (Å²) in [4.78, 5) is 0. The first-order chi connectivity index (χ1) is 8.00. The van der Waals surface area contributed by atoms with E-state index in [0.717, 1.165) is 16.9 Å². The van der Waals surface area contributed by atoms with Gasteiger partial charge >= 0.3 is 0 Å². The van der Waals surface area contributed by atoms with Crippen LogP contribution in [0.3, 0.4) is 0 Å². The minimum Gasteiger partial charge on any atom is -0.469 e. The van der Waals surface area contributed by atoms with E-state index in [2.05, 4.69) is 0 Å². The number of nitrogens with two attached hydrogens (primary N) is 1. The zero-order valence-electron chi connectivity index (χ0n) is 10.3. The predicted molar refractivity (Wildman–Crippen MR) is 65.3 cm³/mol. The maximum absolute atomic E-state index is 13.5. The number of furan rings is 1. The Kier molecular flexibility index (Phi) is 3.03. The van der Waals surface area contributed by atoms with E-state index in [0.29, 0.717) is 11.1 Å². The Labute approximate surface area is 100 Å². The molecule has 0 aliphatic carbocycles. The first-order valence-corrected chi connectivity index (χ1v) is 5.57. The highest BCUT2D eigenvalue weighted by atomic mass is 19.1. The van der Waals surface area contributed by atoms with E-state index in [4.69, 9.17) is 10.2 Å². The molecule has 90 valence electrons. The Hall–Kier alpha value is -1.61. The van der Waals surface area contributed by atoms with Crippen LogP contribution in [0.1, 0.15) is 34.1 Å². The molecule has 1 unspecified atom stereocenters. The summed E-state index contributed by atoms with van der Waals surface area (Å²) in [5, 5.41) is 0. The van der Waals surface area contributed by atoms with E-state index in [1.165, 1.54) is 0 Å². The molecule has 0 fully saturated rings. The van der Waals surface area contributed by atoms with Crippen molar-refractivity contribution in [3.63, 3.8) is 0 Å². The van der Waals surface area contributed by atoms with Gasteiger partial charge in [-0.25, -0.2) is 4.39 Å². The number of hydrogen-bond acceptors (Lipinski definition) is 2. The van der Waals surface area contributed by atoms with E-state index in [1.807, 2.05) is 13.0 Å². The van der Waals surface area contributed by atoms with Crippen molar-refractivity contribution >= 4 is 0 Å². The van der Waals surface area contributed by atoms with E-state index in [9.17, 15) is 4.39 Å². The maximum atomic E-state index is 13.5. The molecule has 0 saturated carbocycles. The van der Waals surface area contributed by atoms with Crippen molar-refractivity contribution in [2.75, 3.05) is 0 Å². The average molecular weight is 233 g/mol. The second-order valence-corrected chi connectivity index (χ2v) is 4.38. The Bertz CT molecular complexity index is 522. The van der Waals surface area contributed by atoms with Crippen molar-refractivity contribution in [1.82, 2.24) is 0 Å². The second kappa shape index (κ2) is 4.34. The SMILES string of the molecule is Cc1cc(C(N)c2ccoc2C)cc(C)c1F. The first kappa shape index (κ1) is 11.9. The van der Waals surface area contributed by atoms with Crippen LogP contribution >= 0.6 is 0 Å². The van der Waals surface area contributed by atoms with Crippen LogP contribution in [0, 0.1) is 26.6 Å². The van der Waals surface area contributed by atoms with Crippen LogP contribution in [-0.4, -0.2) is 0 Å². The van der Waals surface area contributed by atoms with Crippen molar-refractivity contribution in [3.8, 4) is 0 Å². The first-order valence-electron chi connectivity index (χ1n) is 5.57. The number of benzene rings is 1. The van der Waals surface area contributed by atoms with Gasteiger partial charge < -0.3 is 10.2 Å². The molecule has 2 nitrogen and oxygen atoms in total. The van der Waals surface area contributed by atoms with Crippen LogP contribution in [0.2, 0.25) is 0 Å². The summed E-state index contributed by atoms with van der Waals surface area (Å²) >= 11 is 0. The van der Waals surface area contributed by atoms with E-state index in [1.54, 1.807) is 32.2 Å². The summed E-state index contributed by atoms with van der Waals surface area (Å²) < 4.78 is 18.8. The molecular formula is C14H16FNO. The lowest BCUT2D eigenvalue weighted by atomic mass is 9.96. The minimum atomic E-state index is -0.272. The Morgan fingerprint density at radius 3 is 2.24 bits per heavy atom. The largest absolute Gasteiger partial charge is 0.469 e. The number of hydrogen-bond donors (Lipinski definition) is 1. The van der Waals surface area contributed by atoms with Crippen molar-refractivity contribution < 1.29 is 8.81 Å². The quantitative estimate of drug-likeness (QED) is 0.863. The molecule has 1 aromatic heterocycles. The normalized spacial score (nSPS) is 12.8. The molecule has 2 aromatic rings. The van der Waals surface area contributed by atoms with Gasteiger partial charge in [-0.05, 0) is 43.5 Å². The molecule has 0 amide bonds. The zero-order valence-corrected chi connectivity index (χ0v) is 10.3. The summed E-state index contributed by atoms with van der Waals surface area (Å²) in [6.45, 7) is 5.37. The standard InChI is InChI=1S/C14H16FNO/c1-8-6-11(7-9(2)13(8)15)14(16)12-4-5-17-10(12)3/h4-7,14H,16H2,1-3H3. The third-order valence-corrected chi connectivity index (χ3v) is 3.05. The van der Waals surface area contributed by atoms with Crippen molar-refractivity contribution in [2.24, 2.45) is 5.73 Å². The lowest BCUT2D eigenvalue weighted by Crippen LogP contribution is -2.13. The molecule has 17 heavy (non-hydrogen) atoms. The highest BCUT2D eigenvalue weighted by Crippen LogP contribution is 2.26. The van der Waals surface area contributed by atoms with Gasteiger partial charge in [0.2, 0.25) is 0 Å². The fraction of sp³-hybridized carbons (Fsp3) is 0.286. The van der Waals surface area contributed by atoms with Crippen molar-refractivity contribution in [1.29, 1.82) is 0 Å². The molecular weight excluding hydrogens is 217 g/mol. The fourth-order valence-electron chi connectivity index (χ4n) is 2.06. The van der Waals surface area contributed by atoms with Gasteiger partial charge in [-0.2, -0.15) is 0 Å². The molecule has 0 saturated heterocycles. The lowest BCUT2D eigenvalue weighted by molar-refractivity contribution is 0.527. The Morgan fingerprint density at radius 1 is 1.18 bits per heavy atom. The van der Waals surface area contributed by atoms with Crippen LogP contribution in [0.15, 0.2) is 28.9 Å². The highest BCUT2D eigenvalue weighted by molar-refractivity contribution is 5.38. The van der Waals surface area contributed by atoms with E-state index in [-0.39, 0.29) is 11.9 Å². The molecule has 0 aliphatic heterocycles. The van der Waals surface area contributed by atoms with Gasteiger partial charge in [-0.15, -0.1) is 0 Å². The molecule has 0 spiro atoms. The lowest BCUT2D eigenvalue weighted by Gasteiger charge is -2.14.